The molecule has 3 nitrogen and oxygen atoms in total. The minimum atomic E-state index is -0.507. The number of nitrogens with zero attached hydrogens (tertiary/aromatic N) is 2. The molecular weight excluding hydrogens is 279 g/mol. The van der Waals surface area contributed by atoms with Gasteiger partial charge in [0.05, 0.1) is 11.6 Å². The lowest BCUT2D eigenvalue weighted by Gasteiger charge is -2.17. The molecule has 0 spiro atoms. The Hall–Kier alpha value is -2.23. The minimum Gasteiger partial charge on any atom is -0.268 e. The molecule has 0 N–H and O–H groups in total. The van der Waals surface area contributed by atoms with E-state index in [9.17, 15) is 9.18 Å². The summed E-state index contributed by atoms with van der Waals surface area (Å²) in [5, 5.41) is 0. The van der Waals surface area contributed by atoms with Gasteiger partial charge in [-0.1, -0.05) is 37.5 Å². The van der Waals surface area contributed by atoms with Crippen molar-refractivity contribution in [1.82, 2.24) is 4.57 Å². The molecule has 0 saturated heterocycles. The fraction of sp³-hybridized carbons (Fsp3) is 0.333. The van der Waals surface area contributed by atoms with Crippen molar-refractivity contribution in [3.05, 3.63) is 65.5 Å². The number of aromatic nitrogens is 1. The zero-order valence-electron chi connectivity index (χ0n) is 12.4. The summed E-state index contributed by atoms with van der Waals surface area (Å²) in [4.78, 5) is 17.3. The van der Waals surface area contributed by atoms with Gasteiger partial charge in [-0.05, 0) is 37.1 Å². The third kappa shape index (κ3) is 3.16. The standard InChI is InChI=1S/C18H19FN2O/c19-16-11-5-4-10-15(16)18(22)21-13-7-6-12-17(21)20-14-8-2-1-3-9-14/h4-7,10-14H,1-3,8-9H2. The fourth-order valence-electron chi connectivity index (χ4n) is 2.87. The summed E-state index contributed by atoms with van der Waals surface area (Å²) in [6.45, 7) is 0. The molecule has 0 amide bonds. The van der Waals surface area contributed by atoms with Gasteiger partial charge in [-0.25, -0.2) is 4.39 Å². The number of hydrogen-bond donors (Lipinski definition) is 0. The van der Waals surface area contributed by atoms with Crippen LogP contribution in [0.15, 0.2) is 53.7 Å². The van der Waals surface area contributed by atoms with Crippen molar-refractivity contribution in [2.45, 2.75) is 38.1 Å². The Labute approximate surface area is 129 Å². The predicted molar refractivity (Wildman–Crippen MR) is 83.0 cm³/mol. The number of hydrogen-bond acceptors (Lipinski definition) is 2. The maximum atomic E-state index is 13.9. The maximum absolute atomic E-state index is 13.9. The Balaban J connectivity index is 1.99. The second-order valence-electron chi connectivity index (χ2n) is 5.63. The van der Waals surface area contributed by atoms with Crippen LogP contribution in [0.25, 0.3) is 0 Å². The number of halogens is 1. The van der Waals surface area contributed by atoms with Crippen LogP contribution >= 0.6 is 0 Å². The summed E-state index contributed by atoms with van der Waals surface area (Å²) in [5.41, 5.74) is 0.668. The number of rotatable bonds is 2. The molecule has 1 aliphatic rings. The summed E-state index contributed by atoms with van der Waals surface area (Å²) in [6, 6.07) is 11.7. The summed E-state index contributed by atoms with van der Waals surface area (Å²) in [5.74, 6) is -0.888. The van der Waals surface area contributed by atoms with Crippen LogP contribution in [0.5, 0.6) is 0 Å². The molecule has 1 aromatic carbocycles. The third-order valence-electron chi connectivity index (χ3n) is 4.05. The van der Waals surface area contributed by atoms with Gasteiger partial charge < -0.3 is 0 Å². The maximum Gasteiger partial charge on any atom is 0.266 e. The van der Waals surface area contributed by atoms with Gasteiger partial charge in [0.25, 0.3) is 5.91 Å². The highest BCUT2D eigenvalue weighted by molar-refractivity contribution is 5.96. The molecule has 1 fully saturated rings. The normalized spacial score (nSPS) is 16.7. The van der Waals surface area contributed by atoms with E-state index in [2.05, 4.69) is 0 Å². The van der Waals surface area contributed by atoms with Gasteiger partial charge in [0, 0.05) is 6.20 Å². The van der Waals surface area contributed by atoms with Gasteiger partial charge in [0.1, 0.15) is 11.3 Å². The lowest BCUT2D eigenvalue weighted by molar-refractivity contribution is 0.0950. The average molecular weight is 298 g/mol. The van der Waals surface area contributed by atoms with Crippen LogP contribution in [0.2, 0.25) is 0 Å². The largest absolute Gasteiger partial charge is 0.268 e. The highest BCUT2D eigenvalue weighted by atomic mass is 19.1. The van der Waals surface area contributed by atoms with E-state index < -0.39 is 5.82 Å². The van der Waals surface area contributed by atoms with E-state index in [1.807, 2.05) is 12.1 Å². The van der Waals surface area contributed by atoms with E-state index in [0.29, 0.717) is 5.49 Å². The molecule has 114 valence electrons. The molecule has 22 heavy (non-hydrogen) atoms. The molecule has 2 aromatic rings. The molecule has 4 heteroatoms. The Kier molecular flexibility index (Phi) is 4.47. The molecule has 3 rings (SSSR count). The van der Waals surface area contributed by atoms with Crippen LogP contribution in [-0.4, -0.2) is 16.5 Å². The molecule has 1 aliphatic carbocycles. The predicted octanol–water partition coefficient (Wildman–Crippen LogP) is 3.55. The first-order valence-corrected chi connectivity index (χ1v) is 7.76. The van der Waals surface area contributed by atoms with Gasteiger partial charge >= 0.3 is 0 Å². The van der Waals surface area contributed by atoms with Crippen LogP contribution in [0, 0.1) is 5.82 Å². The fourth-order valence-corrected chi connectivity index (χ4v) is 2.87. The molecule has 0 atom stereocenters. The summed E-state index contributed by atoms with van der Waals surface area (Å²) in [6.07, 6.45) is 7.39. The van der Waals surface area contributed by atoms with E-state index >= 15 is 0 Å². The zero-order chi connectivity index (χ0) is 15.4. The van der Waals surface area contributed by atoms with E-state index in [-0.39, 0.29) is 17.5 Å². The van der Waals surface area contributed by atoms with Crippen molar-refractivity contribution < 1.29 is 9.18 Å². The summed E-state index contributed by atoms with van der Waals surface area (Å²) < 4.78 is 15.3. The van der Waals surface area contributed by atoms with Crippen molar-refractivity contribution in [3.8, 4) is 0 Å². The second kappa shape index (κ2) is 6.69. The van der Waals surface area contributed by atoms with Gasteiger partial charge in [-0.15, -0.1) is 0 Å². The lowest BCUT2D eigenvalue weighted by atomic mass is 9.96. The van der Waals surface area contributed by atoms with Crippen molar-refractivity contribution in [2.75, 3.05) is 0 Å². The van der Waals surface area contributed by atoms with Gasteiger partial charge in [0.2, 0.25) is 0 Å². The quantitative estimate of drug-likeness (QED) is 0.835. The van der Waals surface area contributed by atoms with Crippen molar-refractivity contribution in [1.29, 1.82) is 0 Å². The number of carbonyl (C=O) groups is 1. The lowest BCUT2D eigenvalue weighted by Crippen LogP contribution is -2.29. The molecule has 1 heterocycles. The molecule has 1 saturated carbocycles. The van der Waals surface area contributed by atoms with Crippen LogP contribution in [0.3, 0.4) is 0 Å². The molecule has 0 unspecified atom stereocenters. The van der Waals surface area contributed by atoms with Gasteiger partial charge in [-0.3, -0.25) is 14.4 Å². The van der Waals surface area contributed by atoms with E-state index in [1.54, 1.807) is 24.4 Å². The highest BCUT2D eigenvalue weighted by Gasteiger charge is 2.15. The molecule has 0 bridgehead atoms. The molecule has 1 aromatic heterocycles. The van der Waals surface area contributed by atoms with Crippen LogP contribution in [0.4, 0.5) is 4.39 Å². The molecular formula is C18H19FN2O. The first-order chi connectivity index (χ1) is 10.8. The van der Waals surface area contributed by atoms with Crippen molar-refractivity contribution >= 4 is 5.91 Å². The Morgan fingerprint density at radius 2 is 1.77 bits per heavy atom. The van der Waals surface area contributed by atoms with Crippen LogP contribution in [0.1, 0.15) is 42.5 Å². The zero-order valence-corrected chi connectivity index (χ0v) is 12.4. The SMILES string of the molecule is O=C(c1ccccc1F)n1ccccc1=NC1CCCCC1. The Morgan fingerprint density at radius 3 is 2.55 bits per heavy atom. The topological polar surface area (TPSA) is 34.4 Å². The smallest absolute Gasteiger partial charge is 0.266 e. The third-order valence-corrected chi connectivity index (χ3v) is 4.05. The number of pyridine rings is 1. The summed E-state index contributed by atoms with van der Waals surface area (Å²) >= 11 is 0. The second-order valence-corrected chi connectivity index (χ2v) is 5.63. The summed E-state index contributed by atoms with van der Waals surface area (Å²) in [7, 11) is 0. The van der Waals surface area contributed by atoms with E-state index in [0.717, 1.165) is 12.8 Å². The monoisotopic (exact) mass is 298 g/mol. The minimum absolute atomic E-state index is 0.0683. The van der Waals surface area contributed by atoms with Gasteiger partial charge in [0.15, 0.2) is 0 Å². The highest BCUT2D eigenvalue weighted by Crippen LogP contribution is 2.19. The Bertz CT molecular complexity index is 730. The van der Waals surface area contributed by atoms with E-state index in [1.165, 1.54) is 36.0 Å². The van der Waals surface area contributed by atoms with E-state index in [4.69, 9.17) is 4.99 Å². The number of carbonyl (C=O) groups excluding carboxylic acids is 1. The number of benzene rings is 1. The molecule has 0 radical (unpaired) electrons. The van der Waals surface area contributed by atoms with Crippen LogP contribution < -0.4 is 5.49 Å². The Morgan fingerprint density at radius 1 is 1.05 bits per heavy atom. The first kappa shape index (κ1) is 14.7. The van der Waals surface area contributed by atoms with Crippen LogP contribution in [-0.2, 0) is 0 Å². The van der Waals surface area contributed by atoms with Gasteiger partial charge in [-0.2, -0.15) is 0 Å². The van der Waals surface area contributed by atoms with Crippen molar-refractivity contribution in [3.63, 3.8) is 0 Å². The average Bonchev–Trinajstić information content (AvgIpc) is 2.56. The van der Waals surface area contributed by atoms with Crippen molar-refractivity contribution in [2.24, 2.45) is 4.99 Å². The molecule has 0 aliphatic heterocycles. The first-order valence-electron chi connectivity index (χ1n) is 7.76.